The number of rotatable bonds is 2. The summed E-state index contributed by atoms with van der Waals surface area (Å²) < 4.78 is 0. The van der Waals surface area contributed by atoms with Crippen LogP contribution in [0.4, 0.5) is 0 Å². The van der Waals surface area contributed by atoms with Gasteiger partial charge in [-0.1, -0.05) is 6.08 Å². The summed E-state index contributed by atoms with van der Waals surface area (Å²) in [7, 11) is 0. The van der Waals surface area contributed by atoms with E-state index in [0.717, 1.165) is 0 Å². The molecule has 68 valence electrons. The van der Waals surface area contributed by atoms with Crippen molar-refractivity contribution in [3.05, 3.63) is 11.9 Å². The van der Waals surface area contributed by atoms with Crippen LogP contribution in [0.3, 0.4) is 0 Å². The maximum Gasteiger partial charge on any atom is 0.194 e. The lowest BCUT2D eigenvalue weighted by atomic mass is 9.95. The van der Waals surface area contributed by atoms with Crippen LogP contribution >= 0.6 is 0 Å². The van der Waals surface area contributed by atoms with Crippen LogP contribution in [0, 0.1) is 11.3 Å². The average molecular weight is 177 g/mol. The maximum atomic E-state index is 8.80. The summed E-state index contributed by atoms with van der Waals surface area (Å²) in [6.07, 6.45) is 3.47. The molecule has 0 saturated carbocycles. The minimum atomic E-state index is -0.681. The predicted molar refractivity (Wildman–Crippen MR) is 47.5 cm³/mol. The van der Waals surface area contributed by atoms with Crippen LogP contribution in [0.15, 0.2) is 6.08 Å². The lowest BCUT2D eigenvalue weighted by molar-refractivity contribution is 0.627. The van der Waals surface area contributed by atoms with Gasteiger partial charge in [0.05, 0.1) is 6.07 Å². The summed E-state index contributed by atoms with van der Waals surface area (Å²) in [5, 5.41) is 20.4. The van der Waals surface area contributed by atoms with Crippen LogP contribution in [0.1, 0.15) is 26.6 Å². The number of nitriles is 1. The van der Waals surface area contributed by atoms with Gasteiger partial charge >= 0.3 is 0 Å². The molecule has 1 heterocycles. The van der Waals surface area contributed by atoms with E-state index in [1.54, 1.807) is 26.1 Å². The molecule has 0 aliphatic rings. The molecule has 1 aromatic heterocycles. The van der Waals surface area contributed by atoms with E-state index in [4.69, 9.17) is 5.26 Å². The summed E-state index contributed by atoms with van der Waals surface area (Å²) in [6, 6.07) is 2.11. The minimum Gasteiger partial charge on any atom is -0.197 e. The average Bonchev–Trinajstić information content (AvgIpc) is 2.54. The summed E-state index contributed by atoms with van der Waals surface area (Å²) in [6.45, 7) is 5.37. The van der Waals surface area contributed by atoms with E-state index in [9.17, 15) is 0 Å². The first kappa shape index (κ1) is 9.39. The molecule has 13 heavy (non-hydrogen) atoms. The molecule has 0 saturated heterocycles. The topological polar surface area (TPSA) is 67.4 Å². The molecule has 0 atom stereocenters. The molecule has 5 nitrogen and oxygen atoms in total. The molecular weight excluding hydrogens is 166 g/mol. The summed E-state index contributed by atoms with van der Waals surface area (Å²) in [5.74, 6) is 0.438. The molecule has 0 amide bonds. The Kier molecular flexibility index (Phi) is 2.42. The molecule has 0 spiro atoms. The van der Waals surface area contributed by atoms with Crippen LogP contribution in [0.2, 0.25) is 0 Å². The van der Waals surface area contributed by atoms with Gasteiger partial charge in [0.2, 0.25) is 0 Å². The second-order valence-electron chi connectivity index (χ2n) is 3.15. The standard InChI is InChI=1S/C8H11N5/c1-4-5-13-11-7(10-12-13)8(2,3)6-9/h4-5H,1-3H3/b5-4+. The monoisotopic (exact) mass is 177 g/mol. The molecule has 0 radical (unpaired) electrons. The van der Waals surface area contributed by atoms with E-state index in [2.05, 4.69) is 21.5 Å². The highest BCUT2D eigenvalue weighted by atomic mass is 15.6. The third kappa shape index (κ3) is 1.90. The van der Waals surface area contributed by atoms with Crippen molar-refractivity contribution < 1.29 is 0 Å². The van der Waals surface area contributed by atoms with Gasteiger partial charge in [-0.05, 0) is 26.0 Å². The first-order valence-corrected chi connectivity index (χ1v) is 3.94. The molecule has 1 rings (SSSR count). The Morgan fingerprint density at radius 1 is 1.54 bits per heavy atom. The molecular formula is C8H11N5. The third-order valence-electron chi connectivity index (χ3n) is 1.55. The van der Waals surface area contributed by atoms with Crippen molar-refractivity contribution in [3.63, 3.8) is 0 Å². The van der Waals surface area contributed by atoms with Gasteiger partial charge in [-0.15, -0.1) is 15.0 Å². The molecule has 0 unspecified atom stereocenters. The number of nitrogens with zero attached hydrogens (tertiary/aromatic N) is 5. The Labute approximate surface area is 76.7 Å². The Morgan fingerprint density at radius 2 is 2.23 bits per heavy atom. The normalized spacial score (nSPS) is 11.8. The quantitative estimate of drug-likeness (QED) is 0.674. The van der Waals surface area contributed by atoms with E-state index < -0.39 is 5.41 Å². The van der Waals surface area contributed by atoms with Crippen LogP contribution in [0.5, 0.6) is 0 Å². The molecule has 0 aliphatic carbocycles. The summed E-state index contributed by atoms with van der Waals surface area (Å²) >= 11 is 0. The molecule has 0 fully saturated rings. The highest BCUT2D eigenvalue weighted by molar-refractivity contribution is 5.18. The van der Waals surface area contributed by atoms with Gasteiger partial charge in [-0.2, -0.15) is 5.26 Å². The van der Waals surface area contributed by atoms with Crippen molar-refractivity contribution >= 4 is 6.20 Å². The van der Waals surface area contributed by atoms with Crippen LogP contribution < -0.4 is 0 Å². The Hall–Kier alpha value is -1.70. The van der Waals surface area contributed by atoms with Crippen LogP contribution in [-0.4, -0.2) is 20.2 Å². The zero-order chi connectivity index (χ0) is 9.90. The number of allylic oxidation sites excluding steroid dienone is 1. The zero-order valence-corrected chi connectivity index (χ0v) is 7.89. The van der Waals surface area contributed by atoms with Gasteiger partial charge in [-0.25, -0.2) is 0 Å². The molecule has 0 aliphatic heterocycles. The van der Waals surface area contributed by atoms with E-state index >= 15 is 0 Å². The van der Waals surface area contributed by atoms with E-state index in [-0.39, 0.29) is 0 Å². The fraction of sp³-hybridized carbons (Fsp3) is 0.500. The van der Waals surface area contributed by atoms with Gasteiger partial charge in [0.1, 0.15) is 5.41 Å². The molecule has 0 bridgehead atoms. The minimum absolute atomic E-state index is 0.438. The third-order valence-corrected chi connectivity index (χ3v) is 1.55. The van der Waals surface area contributed by atoms with Crippen LogP contribution in [0.25, 0.3) is 6.20 Å². The fourth-order valence-electron chi connectivity index (χ4n) is 0.722. The Balaban J connectivity index is 3.00. The van der Waals surface area contributed by atoms with Crippen molar-refractivity contribution in [2.24, 2.45) is 0 Å². The molecule has 0 aromatic carbocycles. The number of tetrazole rings is 1. The van der Waals surface area contributed by atoms with Gasteiger partial charge in [0.25, 0.3) is 0 Å². The fourth-order valence-corrected chi connectivity index (χ4v) is 0.722. The lowest BCUT2D eigenvalue weighted by Crippen LogP contribution is -2.16. The van der Waals surface area contributed by atoms with Crippen molar-refractivity contribution in [3.8, 4) is 6.07 Å². The van der Waals surface area contributed by atoms with Gasteiger partial charge in [0, 0.05) is 6.20 Å². The second kappa shape index (κ2) is 3.35. The molecule has 5 heteroatoms. The largest absolute Gasteiger partial charge is 0.197 e. The van der Waals surface area contributed by atoms with E-state index in [0.29, 0.717) is 5.82 Å². The van der Waals surface area contributed by atoms with Crippen molar-refractivity contribution in [2.75, 3.05) is 0 Å². The molecule has 1 aromatic rings. The second-order valence-corrected chi connectivity index (χ2v) is 3.15. The van der Waals surface area contributed by atoms with Gasteiger partial charge in [0.15, 0.2) is 5.82 Å². The SMILES string of the molecule is C/C=C/n1nnc(C(C)(C)C#N)n1. The highest BCUT2D eigenvalue weighted by Gasteiger charge is 2.25. The summed E-state index contributed by atoms with van der Waals surface area (Å²) in [5.41, 5.74) is -0.681. The van der Waals surface area contributed by atoms with Gasteiger partial charge < -0.3 is 0 Å². The first-order valence-electron chi connectivity index (χ1n) is 3.94. The first-order chi connectivity index (χ1) is 6.10. The Morgan fingerprint density at radius 3 is 2.77 bits per heavy atom. The van der Waals surface area contributed by atoms with Crippen LogP contribution in [-0.2, 0) is 5.41 Å². The smallest absolute Gasteiger partial charge is 0.194 e. The highest BCUT2D eigenvalue weighted by Crippen LogP contribution is 2.16. The number of hydrogen-bond acceptors (Lipinski definition) is 4. The van der Waals surface area contributed by atoms with E-state index in [1.165, 1.54) is 4.80 Å². The van der Waals surface area contributed by atoms with Gasteiger partial charge in [-0.3, -0.25) is 0 Å². The van der Waals surface area contributed by atoms with Crippen molar-refractivity contribution in [1.29, 1.82) is 5.26 Å². The van der Waals surface area contributed by atoms with E-state index in [1.807, 2.05) is 6.92 Å². The predicted octanol–water partition coefficient (Wildman–Crippen LogP) is 0.965. The number of aromatic nitrogens is 4. The number of hydrogen-bond donors (Lipinski definition) is 0. The maximum absolute atomic E-state index is 8.80. The lowest BCUT2D eigenvalue weighted by Gasteiger charge is -2.07. The van der Waals surface area contributed by atoms with Crippen molar-refractivity contribution in [1.82, 2.24) is 20.2 Å². The Bertz CT molecular complexity index is 355. The van der Waals surface area contributed by atoms with Crippen molar-refractivity contribution in [2.45, 2.75) is 26.2 Å². The zero-order valence-electron chi connectivity index (χ0n) is 7.89. The molecule has 0 N–H and O–H groups in total. The summed E-state index contributed by atoms with van der Waals surface area (Å²) in [4.78, 5) is 1.34.